The highest BCUT2D eigenvalue weighted by Crippen LogP contribution is 2.14. The number of amides is 1. The van der Waals surface area contributed by atoms with Crippen LogP contribution in [0.1, 0.15) is 15.9 Å². The Morgan fingerprint density at radius 2 is 1.88 bits per heavy atom. The van der Waals surface area contributed by atoms with E-state index in [9.17, 15) is 4.79 Å². The summed E-state index contributed by atoms with van der Waals surface area (Å²) in [5.74, 6) is 0.510. The first-order chi connectivity index (χ1) is 11.7. The van der Waals surface area contributed by atoms with Crippen molar-refractivity contribution in [2.24, 2.45) is 0 Å². The van der Waals surface area contributed by atoms with Crippen LogP contribution in [0.15, 0.2) is 67.1 Å². The monoisotopic (exact) mass is 338 g/mol. The molecule has 2 heterocycles. The van der Waals surface area contributed by atoms with Crippen molar-refractivity contribution in [2.45, 2.75) is 6.54 Å². The predicted octanol–water partition coefficient (Wildman–Crippen LogP) is 3.99. The summed E-state index contributed by atoms with van der Waals surface area (Å²) in [5, 5.41) is 6.71. The van der Waals surface area contributed by atoms with Gasteiger partial charge in [-0.2, -0.15) is 0 Å². The quantitative estimate of drug-likeness (QED) is 0.738. The van der Waals surface area contributed by atoms with Crippen LogP contribution in [0.4, 0.5) is 11.5 Å². The highest BCUT2D eigenvalue weighted by atomic mass is 35.5. The Morgan fingerprint density at radius 1 is 1.04 bits per heavy atom. The number of anilines is 2. The van der Waals surface area contributed by atoms with E-state index in [1.165, 1.54) is 6.20 Å². The van der Waals surface area contributed by atoms with Crippen LogP contribution < -0.4 is 10.6 Å². The number of nitrogens with zero attached hydrogens (tertiary/aromatic N) is 2. The molecule has 3 rings (SSSR count). The van der Waals surface area contributed by atoms with Crippen LogP contribution in [0.5, 0.6) is 0 Å². The molecule has 2 N–H and O–H groups in total. The van der Waals surface area contributed by atoms with Crippen molar-refractivity contribution in [3.8, 4) is 0 Å². The minimum Gasteiger partial charge on any atom is -0.366 e. The van der Waals surface area contributed by atoms with Gasteiger partial charge in [0.2, 0.25) is 0 Å². The Kier molecular flexibility index (Phi) is 5.03. The van der Waals surface area contributed by atoms with Gasteiger partial charge in [-0.15, -0.1) is 0 Å². The van der Waals surface area contributed by atoms with Gasteiger partial charge in [0, 0.05) is 24.0 Å². The van der Waals surface area contributed by atoms with E-state index in [0.717, 1.165) is 11.4 Å². The lowest BCUT2D eigenvalue weighted by Crippen LogP contribution is -2.12. The molecule has 0 radical (unpaired) electrons. The molecule has 3 aromatic rings. The molecule has 0 bridgehead atoms. The average Bonchev–Trinajstić information content (AvgIpc) is 2.63. The van der Waals surface area contributed by atoms with Crippen molar-refractivity contribution in [3.63, 3.8) is 0 Å². The van der Waals surface area contributed by atoms with E-state index >= 15 is 0 Å². The number of benzene rings is 1. The number of nitrogens with one attached hydrogen (secondary N) is 2. The highest BCUT2D eigenvalue weighted by molar-refractivity contribution is 6.30. The van der Waals surface area contributed by atoms with Crippen molar-refractivity contribution in [1.29, 1.82) is 0 Å². The maximum atomic E-state index is 12.0. The van der Waals surface area contributed by atoms with Gasteiger partial charge >= 0.3 is 0 Å². The normalized spacial score (nSPS) is 10.2. The van der Waals surface area contributed by atoms with Crippen molar-refractivity contribution in [3.05, 3.63) is 83.3 Å². The van der Waals surface area contributed by atoms with E-state index in [1.54, 1.807) is 30.6 Å². The molecule has 5 nitrogen and oxygen atoms in total. The van der Waals surface area contributed by atoms with Crippen LogP contribution in [-0.4, -0.2) is 15.9 Å². The molecule has 0 saturated heterocycles. The fourth-order valence-electron chi connectivity index (χ4n) is 2.07. The van der Waals surface area contributed by atoms with Gasteiger partial charge in [-0.1, -0.05) is 23.7 Å². The fraction of sp³-hybridized carbons (Fsp3) is 0.0556. The van der Waals surface area contributed by atoms with E-state index in [-0.39, 0.29) is 5.91 Å². The third-order valence-electron chi connectivity index (χ3n) is 3.33. The summed E-state index contributed by atoms with van der Waals surface area (Å²) >= 11 is 5.86. The summed E-state index contributed by atoms with van der Waals surface area (Å²) in [6.45, 7) is 0.644. The molecule has 0 spiro atoms. The van der Waals surface area contributed by atoms with Gasteiger partial charge in [-0.3, -0.25) is 9.78 Å². The molecule has 0 aliphatic heterocycles. The second-order valence-corrected chi connectivity index (χ2v) is 5.54. The van der Waals surface area contributed by atoms with Crippen LogP contribution in [0.25, 0.3) is 0 Å². The zero-order chi connectivity index (χ0) is 16.8. The van der Waals surface area contributed by atoms with Crippen LogP contribution in [0.2, 0.25) is 5.02 Å². The minimum absolute atomic E-state index is 0.216. The molecule has 0 fully saturated rings. The number of hydrogen-bond acceptors (Lipinski definition) is 4. The van der Waals surface area contributed by atoms with Crippen molar-refractivity contribution in [1.82, 2.24) is 9.97 Å². The smallest absolute Gasteiger partial charge is 0.257 e. The van der Waals surface area contributed by atoms with Crippen LogP contribution >= 0.6 is 11.6 Å². The molecule has 6 heteroatoms. The number of aromatic nitrogens is 2. The van der Waals surface area contributed by atoms with Gasteiger partial charge in [0.05, 0.1) is 17.4 Å². The molecule has 0 aliphatic rings. The molecular formula is C18H15ClN4O. The molecule has 120 valence electrons. The van der Waals surface area contributed by atoms with E-state index in [4.69, 9.17) is 11.6 Å². The fourth-order valence-corrected chi connectivity index (χ4v) is 2.19. The third kappa shape index (κ3) is 4.30. The average molecular weight is 339 g/mol. The number of halogens is 1. The van der Waals surface area contributed by atoms with Gasteiger partial charge in [0.25, 0.3) is 5.91 Å². The van der Waals surface area contributed by atoms with Crippen LogP contribution in [0.3, 0.4) is 0 Å². The predicted molar refractivity (Wildman–Crippen MR) is 95.2 cm³/mol. The minimum atomic E-state index is -0.216. The molecule has 0 aliphatic carbocycles. The standard InChI is InChI=1S/C18H15ClN4O/c19-15-5-3-13(4-6-15)10-21-17-8-7-16(12-22-17)23-18(24)14-2-1-9-20-11-14/h1-9,11-12H,10H2,(H,21,22)(H,23,24). The SMILES string of the molecule is O=C(Nc1ccc(NCc2ccc(Cl)cc2)nc1)c1cccnc1. The summed E-state index contributed by atoms with van der Waals surface area (Å²) < 4.78 is 0. The molecule has 24 heavy (non-hydrogen) atoms. The lowest BCUT2D eigenvalue weighted by molar-refractivity contribution is 0.102. The van der Waals surface area contributed by atoms with Gasteiger partial charge in [0.1, 0.15) is 5.82 Å². The second-order valence-electron chi connectivity index (χ2n) is 5.11. The Labute approximate surface area is 144 Å². The molecular weight excluding hydrogens is 324 g/mol. The van der Waals surface area contributed by atoms with E-state index < -0.39 is 0 Å². The van der Waals surface area contributed by atoms with E-state index in [1.807, 2.05) is 30.3 Å². The van der Waals surface area contributed by atoms with E-state index in [2.05, 4.69) is 20.6 Å². The maximum Gasteiger partial charge on any atom is 0.257 e. The third-order valence-corrected chi connectivity index (χ3v) is 3.58. The number of rotatable bonds is 5. The highest BCUT2D eigenvalue weighted by Gasteiger charge is 2.06. The Bertz CT molecular complexity index is 805. The Balaban J connectivity index is 1.57. The van der Waals surface area contributed by atoms with Crippen LogP contribution in [-0.2, 0) is 6.54 Å². The summed E-state index contributed by atoms with van der Waals surface area (Å²) in [6.07, 6.45) is 4.75. The number of pyridine rings is 2. The van der Waals surface area contributed by atoms with Crippen molar-refractivity contribution < 1.29 is 4.79 Å². The van der Waals surface area contributed by atoms with Gasteiger partial charge in [0.15, 0.2) is 0 Å². The Hall–Kier alpha value is -2.92. The molecule has 1 aromatic carbocycles. The largest absolute Gasteiger partial charge is 0.366 e. The maximum absolute atomic E-state index is 12.0. The second kappa shape index (κ2) is 7.57. The van der Waals surface area contributed by atoms with Gasteiger partial charge in [-0.05, 0) is 42.0 Å². The molecule has 2 aromatic heterocycles. The van der Waals surface area contributed by atoms with E-state index in [0.29, 0.717) is 22.8 Å². The number of carbonyl (C=O) groups is 1. The molecule has 0 atom stereocenters. The van der Waals surface area contributed by atoms with Crippen LogP contribution in [0, 0.1) is 0 Å². The summed E-state index contributed by atoms with van der Waals surface area (Å²) in [5.41, 5.74) is 2.23. The molecule has 1 amide bonds. The Morgan fingerprint density at radius 3 is 2.54 bits per heavy atom. The first kappa shape index (κ1) is 16.0. The lowest BCUT2D eigenvalue weighted by Gasteiger charge is -2.08. The topological polar surface area (TPSA) is 66.9 Å². The first-order valence-corrected chi connectivity index (χ1v) is 7.74. The lowest BCUT2D eigenvalue weighted by atomic mass is 10.2. The number of hydrogen-bond donors (Lipinski definition) is 2. The molecule has 0 saturated carbocycles. The zero-order valence-electron chi connectivity index (χ0n) is 12.7. The summed E-state index contributed by atoms with van der Waals surface area (Å²) in [6, 6.07) is 14.6. The first-order valence-electron chi connectivity index (χ1n) is 7.36. The van der Waals surface area contributed by atoms with Crippen molar-refractivity contribution in [2.75, 3.05) is 10.6 Å². The molecule has 0 unspecified atom stereocenters. The zero-order valence-corrected chi connectivity index (χ0v) is 13.5. The summed E-state index contributed by atoms with van der Waals surface area (Å²) in [7, 11) is 0. The summed E-state index contributed by atoms with van der Waals surface area (Å²) in [4.78, 5) is 20.2. The van der Waals surface area contributed by atoms with Crippen molar-refractivity contribution >= 4 is 29.0 Å². The van der Waals surface area contributed by atoms with Gasteiger partial charge in [-0.25, -0.2) is 4.98 Å². The number of carbonyl (C=O) groups excluding carboxylic acids is 1. The van der Waals surface area contributed by atoms with Gasteiger partial charge < -0.3 is 10.6 Å².